The summed E-state index contributed by atoms with van der Waals surface area (Å²) in [6.45, 7) is 3.40. The summed E-state index contributed by atoms with van der Waals surface area (Å²) in [5.41, 5.74) is 4.05. The van der Waals surface area contributed by atoms with Gasteiger partial charge >= 0.3 is 5.69 Å². The molecule has 0 aliphatic carbocycles. The molecule has 2 N–H and O–H groups in total. The number of hydrazone groups is 1. The normalized spacial score (nSPS) is 11.2. The molecule has 1 amide bonds. The number of aromatic amines is 1. The number of nitro groups is 1. The minimum absolute atomic E-state index is 0.155. The molecule has 0 saturated heterocycles. The highest BCUT2D eigenvalue weighted by molar-refractivity contribution is 6.01. The smallest absolute Gasteiger partial charge is 0.311 e. The molecule has 1 aromatic carbocycles. The third-order valence-electron chi connectivity index (χ3n) is 3.06. The second-order valence-electron chi connectivity index (χ2n) is 4.72. The topological polar surface area (TPSA) is 123 Å². The number of H-pyrrole nitrogens is 1. The highest BCUT2D eigenvalue weighted by Gasteiger charge is 2.16. The van der Waals surface area contributed by atoms with Crippen molar-refractivity contribution in [2.75, 3.05) is 7.11 Å². The van der Waals surface area contributed by atoms with E-state index in [0.717, 1.165) is 5.69 Å². The standard InChI is InChI=1S/C14H15N5O4/c1-8-6-11(17-15-8)14(20)18-16-9(2)10-4-5-13(23-3)12(7-10)19(21)22/h4-7H,1-3H3,(H,15,17)(H,18,20)/b16-9-. The number of carbonyl (C=O) groups excluding carboxylic acids is 1. The molecule has 9 nitrogen and oxygen atoms in total. The van der Waals surface area contributed by atoms with E-state index in [9.17, 15) is 14.9 Å². The summed E-state index contributed by atoms with van der Waals surface area (Å²) in [6, 6.07) is 6.02. The van der Waals surface area contributed by atoms with E-state index in [0.29, 0.717) is 11.3 Å². The Morgan fingerprint density at radius 1 is 1.43 bits per heavy atom. The quantitative estimate of drug-likeness (QED) is 0.494. The first-order valence-electron chi connectivity index (χ1n) is 6.62. The minimum Gasteiger partial charge on any atom is -0.490 e. The molecular weight excluding hydrogens is 302 g/mol. The number of methoxy groups -OCH3 is 1. The Hall–Kier alpha value is -3.23. The summed E-state index contributed by atoms with van der Waals surface area (Å²) in [4.78, 5) is 22.3. The zero-order chi connectivity index (χ0) is 17.0. The maximum absolute atomic E-state index is 11.8. The summed E-state index contributed by atoms with van der Waals surface area (Å²) >= 11 is 0. The number of carbonyl (C=O) groups is 1. The number of nitrogens with one attached hydrogen (secondary N) is 2. The summed E-state index contributed by atoms with van der Waals surface area (Å²) in [5.74, 6) is -0.320. The molecule has 0 bridgehead atoms. The summed E-state index contributed by atoms with van der Waals surface area (Å²) in [5, 5.41) is 21.4. The van der Waals surface area contributed by atoms with Crippen molar-refractivity contribution in [2.45, 2.75) is 13.8 Å². The van der Waals surface area contributed by atoms with Crippen LogP contribution in [0, 0.1) is 17.0 Å². The van der Waals surface area contributed by atoms with Crippen LogP contribution in [-0.2, 0) is 0 Å². The first kappa shape index (κ1) is 16.1. The third-order valence-corrected chi connectivity index (χ3v) is 3.06. The van der Waals surface area contributed by atoms with Gasteiger partial charge in [-0.1, -0.05) is 0 Å². The highest BCUT2D eigenvalue weighted by atomic mass is 16.6. The van der Waals surface area contributed by atoms with Crippen LogP contribution in [0.2, 0.25) is 0 Å². The second-order valence-corrected chi connectivity index (χ2v) is 4.72. The number of hydrogen-bond acceptors (Lipinski definition) is 6. The van der Waals surface area contributed by atoms with Crippen molar-refractivity contribution in [1.29, 1.82) is 0 Å². The molecule has 9 heteroatoms. The lowest BCUT2D eigenvalue weighted by molar-refractivity contribution is -0.385. The molecule has 0 aliphatic heterocycles. The first-order chi connectivity index (χ1) is 10.9. The lowest BCUT2D eigenvalue weighted by Crippen LogP contribution is -2.19. The third kappa shape index (κ3) is 3.70. The van der Waals surface area contributed by atoms with Crippen LogP contribution in [0.25, 0.3) is 0 Å². The summed E-state index contributed by atoms with van der Waals surface area (Å²) < 4.78 is 4.94. The van der Waals surface area contributed by atoms with Gasteiger partial charge in [-0.3, -0.25) is 20.0 Å². The van der Waals surface area contributed by atoms with Crippen molar-refractivity contribution < 1.29 is 14.5 Å². The monoisotopic (exact) mass is 317 g/mol. The van der Waals surface area contributed by atoms with Crippen LogP contribution in [0.5, 0.6) is 5.75 Å². The van der Waals surface area contributed by atoms with Gasteiger partial charge in [-0.25, -0.2) is 5.43 Å². The van der Waals surface area contributed by atoms with Gasteiger partial charge in [0.05, 0.1) is 17.7 Å². The van der Waals surface area contributed by atoms with E-state index in [-0.39, 0.29) is 17.1 Å². The minimum atomic E-state index is -0.541. The van der Waals surface area contributed by atoms with Gasteiger partial charge in [0.1, 0.15) is 0 Å². The molecule has 0 aliphatic rings. The van der Waals surface area contributed by atoms with Crippen LogP contribution in [0.15, 0.2) is 29.4 Å². The fourth-order valence-corrected chi connectivity index (χ4v) is 1.85. The van der Waals surface area contributed by atoms with E-state index in [2.05, 4.69) is 20.7 Å². The van der Waals surface area contributed by atoms with E-state index in [1.807, 2.05) is 0 Å². The van der Waals surface area contributed by atoms with Crippen molar-refractivity contribution in [3.63, 3.8) is 0 Å². The molecule has 1 aromatic heterocycles. The molecular formula is C14H15N5O4. The number of aryl methyl sites for hydroxylation is 1. The highest BCUT2D eigenvalue weighted by Crippen LogP contribution is 2.27. The molecule has 120 valence electrons. The number of amides is 1. The van der Waals surface area contributed by atoms with Crippen molar-refractivity contribution in [2.24, 2.45) is 5.10 Å². The maximum Gasteiger partial charge on any atom is 0.311 e. The van der Waals surface area contributed by atoms with Gasteiger partial charge in [0.15, 0.2) is 11.4 Å². The lowest BCUT2D eigenvalue weighted by Gasteiger charge is -2.05. The van der Waals surface area contributed by atoms with Crippen LogP contribution < -0.4 is 10.2 Å². The molecule has 0 saturated carbocycles. The van der Waals surface area contributed by atoms with Crippen molar-refractivity contribution >= 4 is 17.3 Å². The Balaban J connectivity index is 2.19. The van der Waals surface area contributed by atoms with Crippen LogP contribution in [0.3, 0.4) is 0 Å². The van der Waals surface area contributed by atoms with Gasteiger partial charge in [0.2, 0.25) is 0 Å². The van der Waals surface area contributed by atoms with Gasteiger partial charge in [0, 0.05) is 17.3 Å². The Morgan fingerprint density at radius 2 is 2.17 bits per heavy atom. The van der Waals surface area contributed by atoms with Gasteiger partial charge in [-0.2, -0.15) is 10.2 Å². The van der Waals surface area contributed by atoms with Crippen LogP contribution in [0.1, 0.15) is 28.7 Å². The zero-order valence-electron chi connectivity index (χ0n) is 12.8. The molecule has 0 atom stereocenters. The SMILES string of the molecule is COc1ccc(/C(C)=N\NC(=O)c2cc(C)[nH]n2)cc1[N+](=O)[O-]. The van der Waals surface area contributed by atoms with E-state index in [1.54, 1.807) is 26.0 Å². The predicted octanol–water partition coefficient (Wildman–Crippen LogP) is 1.79. The predicted molar refractivity (Wildman–Crippen MR) is 82.7 cm³/mol. The van der Waals surface area contributed by atoms with E-state index >= 15 is 0 Å². The zero-order valence-corrected chi connectivity index (χ0v) is 12.8. The van der Waals surface area contributed by atoms with Gasteiger partial charge < -0.3 is 4.74 Å². The average molecular weight is 317 g/mol. The van der Waals surface area contributed by atoms with E-state index < -0.39 is 10.8 Å². The molecule has 23 heavy (non-hydrogen) atoms. The van der Waals surface area contributed by atoms with E-state index in [4.69, 9.17) is 4.74 Å². The molecule has 0 unspecified atom stereocenters. The number of nitro benzene ring substituents is 1. The molecule has 0 spiro atoms. The van der Waals surface area contributed by atoms with Crippen LogP contribution in [0.4, 0.5) is 5.69 Å². The Bertz CT molecular complexity index is 781. The van der Waals surface area contributed by atoms with E-state index in [1.165, 1.54) is 19.2 Å². The number of rotatable bonds is 5. The van der Waals surface area contributed by atoms with Crippen molar-refractivity contribution in [3.8, 4) is 5.75 Å². The fraction of sp³-hybridized carbons (Fsp3) is 0.214. The summed E-state index contributed by atoms with van der Waals surface area (Å²) in [7, 11) is 1.36. The molecule has 1 heterocycles. The second kappa shape index (κ2) is 6.69. The fourth-order valence-electron chi connectivity index (χ4n) is 1.85. The molecule has 0 radical (unpaired) electrons. The number of ether oxygens (including phenoxy) is 1. The maximum atomic E-state index is 11.8. The van der Waals surface area contributed by atoms with Gasteiger partial charge in [-0.15, -0.1) is 0 Å². The number of hydrogen-bond donors (Lipinski definition) is 2. The number of nitrogens with zero attached hydrogens (tertiary/aromatic N) is 3. The summed E-state index contributed by atoms with van der Waals surface area (Å²) in [6.07, 6.45) is 0. The Labute approximate surface area is 131 Å². The Morgan fingerprint density at radius 3 is 2.74 bits per heavy atom. The largest absolute Gasteiger partial charge is 0.490 e. The van der Waals surface area contributed by atoms with Crippen molar-refractivity contribution in [3.05, 3.63) is 51.3 Å². The number of benzene rings is 1. The Kier molecular flexibility index (Phi) is 4.69. The number of aromatic nitrogens is 2. The molecule has 0 fully saturated rings. The van der Waals surface area contributed by atoms with Gasteiger partial charge in [0.25, 0.3) is 5.91 Å². The van der Waals surface area contributed by atoms with Crippen LogP contribution in [-0.4, -0.2) is 33.8 Å². The van der Waals surface area contributed by atoms with Gasteiger partial charge in [-0.05, 0) is 32.0 Å². The average Bonchev–Trinajstić information content (AvgIpc) is 2.98. The van der Waals surface area contributed by atoms with Crippen molar-refractivity contribution in [1.82, 2.24) is 15.6 Å². The molecule has 2 rings (SSSR count). The van der Waals surface area contributed by atoms with Crippen LogP contribution >= 0.6 is 0 Å². The first-order valence-corrected chi connectivity index (χ1v) is 6.62. The lowest BCUT2D eigenvalue weighted by atomic mass is 10.1. The molecule has 2 aromatic rings.